The highest BCUT2D eigenvalue weighted by molar-refractivity contribution is 5.79. The number of rotatable bonds is 2. The number of likely N-dealkylation sites (tertiary alicyclic amines) is 1. The van der Waals surface area contributed by atoms with E-state index in [1.807, 2.05) is 18.7 Å². The number of carbonyl (C=O) groups excluding carboxylic acids is 1. The molecule has 0 aromatic carbocycles. The first kappa shape index (κ1) is 14.3. The van der Waals surface area contributed by atoms with Gasteiger partial charge in [-0.05, 0) is 33.1 Å². The second kappa shape index (κ2) is 5.63. The topological polar surface area (TPSA) is 88.4 Å². The molecular weight excluding hydrogens is 274 g/mol. The van der Waals surface area contributed by atoms with Gasteiger partial charge in [-0.1, -0.05) is 0 Å². The molecule has 0 radical (unpaired) electrons. The average Bonchev–Trinajstić information content (AvgIpc) is 3.04. The Morgan fingerprint density at radius 2 is 2.05 bits per heavy atom. The van der Waals surface area contributed by atoms with E-state index in [-0.39, 0.29) is 30.0 Å². The molecule has 3 atom stereocenters. The smallest absolute Gasteiger partial charge is 0.392 e. The van der Waals surface area contributed by atoms with Crippen LogP contribution in [-0.4, -0.2) is 46.3 Å². The first-order valence-electron chi connectivity index (χ1n) is 7.54. The number of nitrogens with zero attached hydrogens (tertiary/aromatic N) is 2. The Hall–Kier alpha value is -1.63. The van der Waals surface area contributed by atoms with Gasteiger partial charge in [0.05, 0.1) is 18.1 Å². The fourth-order valence-electron chi connectivity index (χ4n) is 3.36. The fraction of sp³-hybridized carbons (Fsp3) is 0.786. The number of carbonyl (C=O) groups is 1. The van der Waals surface area contributed by atoms with E-state index in [1.54, 1.807) is 0 Å². The van der Waals surface area contributed by atoms with Gasteiger partial charge in [0.25, 0.3) is 0 Å². The van der Waals surface area contributed by atoms with Crippen molar-refractivity contribution in [1.82, 2.24) is 15.1 Å². The summed E-state index contributed by atoms with van der Waals surface area (Å²) in [5, 5.41) is 6.17. The number of ether oxygens (including phenoxy) is 1. The average molecular weight is 295 g/mol. The monoisotopic (exact) mass is 295 g/mol. The summed E-state index contributed by atoms with van der Waals surface area (Å²) in [5.41, 5.74) is 0. The minimum atomic E-state index is -0.519. The number of H-pyrrole nitrogens is 1. The summed E-state index contributed by atoms with van der Waals surface area (Å²) in [7, 11) is 0. The Balaban J connectivity index is 1.58. The SMILES string of the molecule is CC1CC(C(=O)N2CCC(c3n[nH]c(=O)o3)CC2)C(C)O1. The molecule has 7 heteroatoms. The number of hydrogen-bond acceptors (Lipinski definition) is 5. The lowest BCUT2D eigenvalue weighted by molar-refractivity contribution is -0.138. The molecule has 2 fully saturated rings. The molecule has 0 saturated carbocycles. The number of piperidine rings is 1. The van der Waals surface area contributed by atoms with E-state index >= 15 is 0 Å². The molecule has 1 amide bonds. The van der Waals surface area contributed by atoms with Crippen molar-refractivity contribution >= 4 is 5.91 Å². The van der Waals surface area contributed by atoms with Gasteiger partial charge < -0.3 is 14.1 Å². The van der Waals surface area contributed by atoms with E-state index in [0.29, 0.717) is 19.0 Å². The standard InChI is InChI=1S/C14H21N3O4/c1-8-7-11(9(2)20-8)13(18)17-5-3-10(4-6-17)12-15-16-14(19)21-12/h8-11H,3-7H2,1-2H3,(H,16,19). The third-order valence-electron chi connectivity index (χ3n) is 4.53. The van der Waals surface area contributed by atoms with E-state index in [0.717, 1.165) is 19.3 Å². The van der Waals surface area contributed by atoms with E-state index in [4.69, 9.17) is 9.15 Å². The zero-order valence-electron chi connectivity index (χ0n) is 12.4. The third kappa shape index (κ3) is 2.88. The zero-order chi connectivity index (χ0) is 15.0. The van der Waals surface area contributed by atoms with E-state index in [9.17, 15) is 9.59 Å². The molecule has 2 aliphatic rings. The van der Waals surface area contributed by atoms with Gasteiger partial charge in [0.2, 0.25) is 11.8 Å². The van der Waals surface area contributed by atoms with Crippen molar-refractivity contribution in [2.75, 3.05) is 13.1 Å². The summed E-state index contributed by atoms with van der Waals surface area (Å²) >= 11 is 0. The van der Waals surface area contributed by atoms with E-state index in [1.165, 1.54) is 0 Å². The maximum Gasteiger partial charge on any atom is 0.434 e. The van der Waals surface area contributed by atoms with Crippen LogP contribution in [0.15, 0.2) is 9.21 Å². The number of nitrogens with one attached hydrogen (secondary N) is 1. The zero-order valence-corrected chi connectivity index (χ0v) is 12.4. The van der Waals surface area contributed by atoms with Crippen molar-refractivity contribution in [3.8, 4) is 0 Å². The molecule has 0 aliphatic carbocycles. The molecule has 1 aromatic heterocycles. The molecule has 2 aliphatic heterocycles. The summed E-state index contributed by atoms with van der Waals surface area (Å²) in [6.45, 7) is 5.34. The normalized spacial score (nSPS) is 30.8. The second-order valence-corrected chi connectivity index (χ2v) is 6.04. The maximum atomic E-state index is 12.6. The van der Waals surface area contributed by atoms with Crippen LogP contribution < -0.4 is 5.76 Å². The minimum Gasteiger partial charge on any atom is -0.392 e. The van der Waals surface area contributed by atoms with Crippen LogP contribution in [0.4, 0.5) is 0 Å². The van der Waals surface area contributed by atoms with Crippen molar-refractivity contribution < 1.29 is 13.9 Å². The molecule has 3 rings (SSSR count). The van der Waals surface area contributed by atoms with Crippen LogP contribution in [0.2, 0.25) is 0 Å². The molecule has 116 valence electrons. The Morgan fingerprint density at radius 3 is 2.57 bits per heavy atom. The van der Waals surface area contributed by atoms with Crippen LogP contribution in [0.25, 0.3) is 0 Å². The highest BCUT2D eigenvalue weighted by Crippen LogP contribution is 2.31. The van der Waals surface area contributed by atoms with Crippen molar-refractivity contribution in [1.29, 1.82) is 0 Å². The molecule has 3 heterocycles. The Morgan fingerprint density at radius 1 is 1.33 bits per heavy atom. The number of aromatic amines is 1. The highest BCUT2D eigenvalue weighted by atomic mass is 16.5. The van der Waals surface area contributed by atoms with Crippen molar-refractivity contribution in [2.45, 2.75) is 51.2 Å². The molecule has 1 N–H and O–H groups in total. The molecule has 1 aromatic rings. The fourth-order valence-corrected chi connectivity index (χ4v) is 3.36. The van der Waals surface area contributed by atoms with Crippen molar-refractivity contribution in [2.24, 2.45) is 5.92 Å². The van der Waals surface area contributed by atoms with Gasteiger partial charge >= 0.3 is 5.76 Å². The van der Waals surface area contributed by atoms with E-state index < -0.39 is 5.76 Å². The molecule has 21 heavy (non-hydrogen) atoms. The number of aromatic nitrogens is 2. The molecule has 0 spiro atoms. The summed E-state index contributed by atoms with van der Waals surface area (Å²) in [4.78, 5) is 25.4. The predicted molar refractivity (Wildman–Crippen MR) is 73.8 cm³/mol. The largest absolute Gasteiger partial charge is 0.434 e. The minimum absolute atomic E-state index is 0.00501. The van der Waals surface area contributed by atoms with Gasteiger partial charge in [-0.15, -0.1) is 5.10 Å². The number of hydrogen-bond donors (Lipinski definition) is 1. The quantitative estimate of drug-likeness (QED) is 0.875. The second-order valence-electron chi connectivity index (χ2n) is 6.04. The first-order valence-corrected chi connectivity index (χ1v) is 7.54. The first-order chi connectivity index (χ1) is 10.0. The van der Waals surface area contributed by atoms with Crippen LogP contribution in [0, 0.1) is 5.92 Å². The summed E-state index contributed by atoms with van der Waals surface area (Å²) in [6, 6.07) is 0. The highest BCUT2D eigenvalue weighted by Gasteiger charge is 2.38. The third-order valence-corrected chi connectivity index (χ3v) is 4.53. The number of amides is 1. The van der Waals surface area contributed by atoms with Crippen molar-refractivity contribution in [3.63, 3.8) is 0 Å². The lowest BCUT2D eigenvalue weighted by atomic mass is 9.93. The molecular formula is C14H21N3O4. The Bertz CT molecular complexity index is 559. The van der Waals surface area contributed by atoms with Gasteiger partial charge in [-0.3, -0.25) is 4.79 Å². The van der Waals surface area contributed by atoms with Crippen molar-refractivity contribution in [3.05, 3.63) is 16.4 Å². The van der Waals surface area contributed by atoms with Gasteiger partial charge in [0.15, 0.2) is 0 Å². The van der Waals surface area contributed by atoms with Crippen LogP contribution in [-0.2, 0) is 9.53 Å². The lowest BCUT2D eigenvalue weighted by Crippen LogP contribution is -2.43. The summed E-state index contributed by atoms with van der Waals surface area (Å²) in [5.74, 6) is 0.213. The maximum absolute atomic E-state index is 12.6. The molecule has 2 saturated heterocycles. The molecule has 0 bridgehead atoms. The Labute approximate surface area is 122 Å². The van der Waals surface area contributed by atoms with Gasteiger partial charge in [0, 0.05) is 19.0 Å². The summed E-state index contributed by atoms with van der Waals surface area (Å²) < 4.78 is 10.7. The lowest BCUT2D eigenvalue weighted by Gasteiger charge is -2.32. The van der Waals surface area contributed by atoms with Gasteiger partial charge in [-0.25, -0.2) is 9.89 Å². The Kier molecular flexibility index (Phi) is 3.84. The van der Waals surface area contributed by atoms with Gasteiger partial charge in [-0.2, -0.15) is 0 Å². The van der Waals surface area contributed by atoms with E-state index in [2.05, 4.69) is 10.2 Å². The van der Waals surface area contributed by atoms with Crippen LogP contribution >= 0.6 is 0 Å². The van der Waals surface area contributed by atoms with Crippen LogP contribution in [0.3, 0.4) is 0 Å². The van der Waals surface area contributed by atoms with Gasteiger partial charge in [0.1, 0.15) is 0 Å². The summed E-state index contributed by atoms with van der Waals surface area (Å²) in [6.07, 6.45) is 2.50. The predicted octanol–water partition coefficient (Wildman–Crippen LogP) is 0.882. The van der Waals surface area contributed by atoms with Crippen LogP contribution in [0.5, 0.6) is 0 Å². The molecule has 3 unspecified atom stereocenters. The van der Waals surface area contributed by atoms with Crippen LogP contribution in [0.1, 0.15) is 44.9 Å². The molecule has 7 nitrogen and oxygen atoms in total.